The molecule has 0 radical (unpaired) electrons. The molecule has 0 spiro atoms. The van der Waals surface area contributed by atoms with E-state index in [2.05, 4.69) is 34.5 Å². The van der Waals surface area contributed by atoms with Crippen LogP contribution in [0.2, 0.25) is 0 Å². The van der Waals surface area contributed by atoms with Gasteiger partial charge in [-0.2, -0.15) is 0 Å². The van der Waals surface area contributed by atoms with Crippen molar-refractivity contribution in [3.05, 3.63) is 24.3 Å². The predicted molar refractivity (Wildman–Crippen MR) is 99.0 cm³/mol. The highest BCUT2D eigenvalue weighted by atomic mass is 32.2. The van der Waals surface area contributed by atoms with E-state index >= 15 is 0 Å². The number of urea groups is 1. The van der Waals surface area contributed by atoms with E-state index in [1.165, 1.54) is 13.0 Å². The summed E-state index contributed by atoms with van der Waals surface area (Å²) in [5.41, 5.74) is 0.836. The summed E-state index contributed by atoms with van der Waals surface area (Å²) in [6.07, 6.45) is 0.859. The van der Waals surface area contributed by atoms with Crippen molar-refractivity contribution in [1.82, 2.24) is 10.6 Å². The van der Waals surface area contributed by atoms with Gasteiger partial charge >= 0.3 is 6.03 Å². The molecule has 0 heterocycles. The Kier molecular flexibility index (Phi) is 8.20. The molecule has 0 fully saturated rings. The first-order valence-corrected chi connectivity index (χ1v) is 9.73. The Hall–Kier alpha value is -2.29. The monoisotopic (exact) mass is 370 g/mol. The first kappa shape index (κ1) is 20.8. The summed E-state index contributed by atoms with van der Waals surface area (Å²) in [5, 5.41) is 7.76. The number of rotatable bonds is 9. The summed E-state index contributed by atoms with van der Waals surface area (Å²) in [6, 6.07) is 6.00. The average molecular weight is 370 g/mol. The summed E-state index contributed by atoms with van der Waals surface area (Å²) >= 11 is 0. The van der Waals surface area contributed by atoms with E-state index in [9.17, 15) is 18.0 Å². The van der Waals surface area contributed by atoms with Crippen molar-refractivity contribution >= 4 is 33.3 Å². The molecule has 0 aromatic heterocycles. The summed E-state index contributed by atoms with van der Waals surface area (Å²) in [7, 11) is -3.61. The highest BCUT2D eigenvalue weighted by molar-refractivity contribution is 7.92. The molecule has 4 N–H and O–H groups in total. The van der Waals surface area contributed by atoms with Gasteiger partial charge in [0.25, 0.3) is 0 Å². The Balaban J connectivity index is 2.43. The fraction of sp³-hybridized carbons (Fsp3) is 0.500. The number of anilines is 2. The zero-order valence-corrected chi connectivity index (χ0v) is 15.6. The van der Waals surface area contributed by atoms with Crippen LogP contribution in [-0.2, 0) is 14.8 Å². The topological polar surface area (TPSA) is 116 Å². The Bertz CT molecular complexity index is 689. The standard InChI is InChI=1S/C16H26N4O4S/c1-12(2)7-8-17-16(22)18-9-10-25(23,24)20-15-6-4-5-14(11-15)19-13(3)21/h4-6,11-12,20H,7-10H2,1-3H3,(H,19,21)(H2,17,18,22). The molecule has 1 rings (SSSR count). The molecule has 0 saturated heterocycles. The third-order valence-electron chi connectivity index (χ3n) is 3.12. The average Bonchev–Trinajstić information content (AvgIpc) is 2.45. The molecule has 0 aliphatic heterocycles. The van der Waals surface area contributed by atoms with Crippen LogP contribution in [0.25, 0.3) is 0 Å². The lowest BCUT2D eigenvalue weighted by molar-refractivity contribution is -0.114. The van der Waals surface area contributed by atoms with Crippen LogP contribution in [0.5, 0.6) is 0 Å². The van der Waals surface area contributed by atoms with Gasteiger partial charge in [-0.3, -0.25) is 9.52 Å². The molecule has 0 atom stereocenters. The zero-order chi connectivity index (χ0) is 18.9. The first-order chi connectivity index (χ1) is 11.7. The molecule has 0 unspecified atom stereocenters. The maximum absolute atomic E-state index is 12.0. The van der Waals surface area contributed by atoms with Crippen molar-refractivity contribution in [1.29, 1.82) is 0 Å². The fourth-order valence-corrected chi connectivity index (χ4v) is 2.89. The van der Waals surface area contributed by atoms with E-state index in [1.807, 2.05) is 0 Å². The third kappa shape index (κ3) is 9.55. The molecule has 1 aromatic rings. The second-order valence-corrected chi connectivity index (χ2v) is 7.89. The van der Waals surface area contributed by atoms with Crippen molar-refractivity contribution in [2.45, 2.75) is 27.2 Å². The number of hydrogen-bond acceptors (Lipinski definition) is 4. The largest absolute Gasteiger partial charge is 0.338 e. The molecule has 25 heavy (non-hydrogen) atoms. The van der Waals surface area contributed by atoms with Crippen LogP contribution < -0.4 is 20.7 Å². The van der Waals surface area contributed by atoms with Crippen LogP contribution in [0.3, 0.4) is 0 Å². The molecule has 9 heteroatoms. The van der Waals surface area contributed by atoms with Crippen molar-refractivity contribution in [3.63, 3.8) is 0 Å². The summed E-state index contributed by atoms with van der Waals surface area (Å²) in [4.78, 5) is 22.6. The van der Waals surface area contributed by atoms with Crippen LogP contribution in [0, 0.1) is 5.92 Å². The van der Waals surface area contributed by atoms with E-state index in [0.29, 0.717) is 23.8 Å². The number of sulfonamides is 1. The minimum absolute atomic E-state index is 0.00572. The second kappa shape index (κ2) is 9.87. The van der Waals surface area contributed by atoms with E-state index in [0.717, 1.165) is 6.42 Å². The van der Waals surface area contributed by atoms with Crippen LogP contribution in [-0.4, -0.2) is 39.2 Å². The second-order valence-electron chi connectivity index (χ2n) is 6.05. The summed E-state index contributed by atoms with van der Waals surface area (Å²) in [6.45, 7) is 6.02. The van der Waals surface area contributed by atoms with Gasteiger partial charge in [0.15, 0.2) is 0 Å². The Morgan fingerprint density at radius 2 is 1.72 bits per heavy atom. The number of carbonyl (C=O) groups excluding carboxylic acids is 2. The lowest BCUT2D eigenvalue weighted by Crippen LogP contribution is -2.39. The van der Waals surface area contributed by atoms with Gasteiger partial charge in [-0.15, -0.1) is 0 Å². The molecular weight excluding hydrogens is 344 g/mol. The normalized spacial score (nSPS) is 11.0. The third-order valence-corrected chi connectivity index (χ3v) is 4.41. The van der Waals surface area contributed by atoms with E-state index in [-0.39, 0.29) is 24.2 Å². The van der Waals surface area contributed by atoms with Gasteiger partial charge in [-0.1, -0.05) is 19.9 Å². The molecule has 0 saturated carbocycles. The van der Waals surface area contributed by atoms with Gasteiger partial charge < -0.3 is 16.0 Å². The van der Waals surface area contributed by atoms with Crippen LogP contribution in [0.4, 0.5) is 16.2 Å². The van der Waals surface area contributed by atoms with E-state index in [4.69, 9.17) is 0 Å². The quantitative estimate of drug-likeness (QED) is 0.530. The highest BCUT2D eigenvalue weighted by Gasteiger charge is 2.11. The minimum atomic E-state index is -3.61. The van der Waals surface area contributed by atoms with Crippen molar-refractivity contribution < 1.29 is 18.0 Å². The molecule has 140 valence electrons. The first-order valence-electron chi connectivity index (χ1n) is 8.08. The number of benzene rings is 1. The van der Waals surface area contributed by atoms with E-state index < -0.39 is 10.0 Å². The summed E-state index contributed by atoms with van der Waals surface area (Å²) < 4.78 is 26.5. The van der Waals surface area contributed by atoms with Crippen molar-refractivity contribution in [3.8, 4) is 0 Å². The van der Waals surface area contributed by atoms with Gasteiger partial charge in [-0.05, 0) is 30.5 Å². The smallest absolute Gasteiger partial charge is 0.314 e. The molecule has 8 nitrogen and oxygen atoms in total. The Morgan fingerprint density at radius 3 is 2.36 bits per heavy atom. The predicted octanol–water partition coefficient (Wildman–Crippen LogP) is 1.73. The van der Waals surface area contributed by atoms with Gasteiger partial charge in [0.2, 0.25) is 15.9 Å². The zero-order valence-electron chi connectivity index (χ0n) is 14.8. The molecule has 0 aliphatic rings. The lowest BCUT2D eigenvalue weighted by atomic mass is 10.1. The number of amides is 3. The van der Waals surface area contributed by atoms with Crippen molar-refractivity contribution in [2.24, 2.45) is 5.92 Å². The van der Waals surface area contributed by atoms with Crippen LogP contribution in [0.15, 0.2) is 24.3 Å². The van der Waals surface area contributed by atoms with Crippen molar-refractivity contribution in [2.75, 3.05) is 28.9 Å². The molecule has 3 amide bonds. The maximum atomic E-state index is 12.0. The molecule has 0 bridgehead atoms. The molecule has 0 aliphatic carbocycles. The highest BCUT2D eigenvalue weighted by Crippen LogP contribution is 2.16. The van der Waals surface area contributed by atoms with Gasteiger partial charge in [0.05, 0.1) is 11.4 Å². The number of hydrogen-bond donors (Lipinski definition) is 4. The molecule has 1 aromatic carbocycles. The number of carbonyl (C=O) groups is 2. The number of nitrogens with one attached hydrogen (secondary N) is 4. The summed E-state index contributed by atoms with van der Waals surface area (Å²) in [5.74, 6) is -0.0135. The van der Waals surface area contributed by atoms with Gasteiger partial charge in [-0.25, -0.2) is 13.2 Å². The fourth-order valence-electron chi connectivity index (χ4n) is 1.93. The SMILES string of the molecule is CC(=O)Nc1cccc(NS(=O)(=O)CCNC(=O)NCCC(C)C)c1. The Morgan fingerprint density at radius 1 is 1.08 bits per heavy atom. The van der Waals surface area contributed by atoms with Gasteiger partial charge in [0, 0.05) is 25.7 Å². The molecular formula is C16H26N4O4S. The van der Waals surface area contributed by atoms with Gasteiger partial charge in [0.1, 0.15) is 0 Å². The van der Waals surface area contributed by atoms with Crippen LogP contribution in [0.1, 0.15) is 27.2 Å². The lowest BCUT2D eigenvalue weighted by Gasteiger charge is -2.11. The minimum Gasteiger partial charge on any atom is -0.338 e. The van der Waals surface area contributed by atoms with E-state index in [1.54, 1.807) is 18.2 Å². The maximum Gasteiger partial charge on any atom is 0.314 e. The van der Waals surface area contributed by atoms with Crippen LogP contribution >= 0.6 is 0 Å². The Labute approximate surface area is 148 Å².